The van der Waals surface area contributed by atoms with E-state index in [-0.39, 0.29) is 0 Å². The van der Waals surface area contributed by atoms with E-state index in [0.717, 1.165) is 17.8 Å². The predicted molar refractivity (Wildman–Crippen MR) is 81.3 cm³/mol. The van der Waals surface area contributed by atoms with E-state index in [1.165, 1.54) is 32.6 Å². The summed E-state index contributed by atoms with van der Waals surface area (Å²) in [5, 5.41) is 3.51. The second-order valence-electron chi connectivity index (χ2n) is 7.59. The fraction of sp³-hybridized carbons (Fsp3) is 1.00. The third-order valence-corrected chi connectivity index (χ3v) is 5.79. The number of nitrogens with zero attached hydrogens (tertiary/aromatic N) is 1. The van der Waals surface area contributed by atoms with E-state index in [9.17, 15) is 0 Å². The van der Waals surface area contributed by atoms with Gasteiger partial charge in [0.15, 0.2) is 0 Å². The molecule has 4 bridgehead atoms. The van der Waals surface area contributed by atoms with Gasteiger partial charge < -0.3 is 5.32 Å². The Morgan fingerprint density at radius 3 is 1.74 bits per heavy atom. The summed E-state index contributed by atoms with van der Waals surface area (Å²) >= 11 is 0. The zero-order valence-corrected chi connectivity index (χ0v) is 13.0. The maximum atomic E-state index is 3.51. The lowest BCUT2D eigenvalue weighted by Crippen LogP contribution is -2.63. The summed E-state index contributed by atoms with van der Waals surface area (Å²) in [6.45, 7) is 9.32. The van der Waals surface area contributed by atoms with Gasteiger partial charge in [0.1, 0.15) is 0 Å². The number of piperazine rings is 1. The topological polar surface area (TPSA) is 15.3 Å². The van der Waals surface area contributed by atoms with E-state index >= 15 is 0 Å². The van der Waals surface area contributed by atoms with Crippen molar-refractivity contribution in [3.63, 3.8) is 0 Å². The minimum Gasteiger partial charge on any atom is -0.314 e. The third-order valence-electron chi connectivity index (χ3n) is 5.79. The highest BCUT2D eigenvalue weighted by molar-refractivity contribution is 5.07. The monoisotopic (exact) mass is 264 g/mol. The van der Waals surface area contributed by atoms with Crippen LogP contribution in [0.4, 0.5) is 0 Å². The number of rotatable bonds is 1. The maximum absolute atomic E-state index is 3.51. The molecule has 1 heterocycles. The normalized spacial score (nSPS) is 44.8. The van der Waals surface area contributed by atoms with Crippen LogP contribution in [0.15, 0.2) is 0 Å². The van der Waals surface area contributed by atoms with Crippen molar-refractivity contribution in [3.05, 3.63) is 0 Å². The van der Waals surface area contributed by atoms with Crippen molar-refractivity contribution in [1.29, 1.82) is 0 Å². The maximum Gasteiger partial charge on any atom is 0.0218 e. The smallest absolute Gasteiger partial charge is 0.0218 e. The highest BCUT2D eigenvalue weighted by Gasteiger charge is 2.53. The number of hydrogen-bond donors (Lipinski definition) is 1. The molecule has 2 nitrogen and oxygen atoms in total. The van der Waals surface area contributed by atoms with Gasteiger partial charge in [-0.1, -0.05) is 20.3 Å². The van der Waals surface area contributed by atoms with E-state index in [4.69, 9.17) is 0 Å². The molecule has 0 aromatic heterocycles. The average Bonchev–Trinajstić information content (AvgIpc) is 2.39. The average molecular weight is 264 g/mol. The van der Waals surface area contributed by atoms with Crippen LogP contribution in [0.3, 0.4) is 0 Å². The summed E-state index contributed by atoms with van der Waals surface area (Å²) in [5.41, 5.74) is 0.664. The van der Waals surface area contributed by atoms with E-state index < -0.39 is 0 Å². The zero-order valence-electron chi connectivity index (χ0n) is 13.0. The Morgan fingerprint density at radius 1 is 0.895 bits per heavy atom. The van der Waals surface area contributed by atoms with Gasteiger partial charge in [-0.15, -0.1) is 0 Å². The quantitative estimate of drug-likeness (QED) is 0.782. The summed E-state index contributed by atoms with van der Waals surface area (Å²) in [7, 11) is 0. The molecule has 4 saturated carbocycles. The van der Waals surface area contributed by atoms with Crippen molar-refractivity contribution in [2.75, 3.05) is 26.2 Å². The Balaban J connectivity index is 0.000000339. The molecule has 0 spiro atoms. The van der Waals surface area contributed by atoms with E-state index in [2.05, 4.69) is 24.1 Å². The molecule has 1 aliphatic heterocycles. The van der Waals surface area contributed by atoms with Gasteiger partial charge in [0.05, 0.1) is 0 Å². The molecule has 0 radical (unpaired) electrons. The van der Waals surface area contributed by atoms with Crippen LogP contribution in [0, 0.1) is 17.8 Å². The van der Waals surface area contributed by atoms with Gasteiger partial charge in [0, 0.05) is 31.7 Å². The minimum absolute atomic E-state index is 0.664. The van der Waals surface area contributed by atoms with Gasteiger partial charge in [-0.2, -0.15) is 0 Å². The molecule has 1 N–H and O–H groups in total. The molecule has 0 amide bonds. The van der Waals surface area contributed by atoms with Gasteiger partial charge in [-0.05, 0) is 56.3 Å². The summed E-state index contributed by atoms with van der Waals surface area (Å²) in [6.07, 6.45) is 10.6. The van der Waals surface area contributed by atoms with Crippen molar-refractivity contribution in [2.45, 2.75) is 64.3 Å². The minimum atomic E-state index is 0.664. The van der Waals surface area contributed by atoms with Crippen LogP contribution in [-0.2, 0) is 0 Å². The SMILES string of the molecule is C1CN(C23CC4CC(CC(C4)C2)C3)CCN1.CCC. The van der Waals surface area contributed by atoms with Gasteiger partial charge in [0.25, 0.3) is 0 Å². The van der Waals surface area contributed by atoms with Crippen LogP contribution >= 0.6 is 0 Å². The first-order valence-electron chi connectivity index (χ1n) is 8.71. The van der Waals surface area contributed by atoms with E-state index in [1.807, 2.05) is 0 Å². The van der Waals surface area contributed by atoms with Crippen molar-refractivity contribution >= 4 is 0 Å². The van der Waals surface area contributed by atoms with E-state index in [1.54, 1.807) is 38.5 Å². The first-order valence-corrected chi connectivity index (χ1v) is 8.71. The molecule has 0 aromatic carbocycles. The summed E-state index contributed by atoms with van der Waals surface area (Å²) in [6, 6.07) is 0. The molecule has 0 atom stereocenters. The lowest BCUT2D eigenvalue weighted by Gasteiger charge is -2.61. The highest BCUT2D eigenvalue weighted by atomic mass is 15.2. The van der Waals surface area contributed by atoms with Crippen LogP contribution in [0.1, 0.15) is 58.8 Å². The van der Waals surface area contributed by atoms with Crippen molar-refractivity contribution in [3.8, 4) is 0 Å². The fourth-order valence-electron chi connectivity index (χ4n) is 5.59. The van der Waals surface area contributed by atoms with Gasteiger partial charge in [-0.25, -0.2) is 0 Å². The van der Waals surface area contributed by atoms with Crippen molar-refractivity contribution < 1.29 is 0 Å². The summed E-state index contributed by atoms with van der Waals surface area (Å²) in [5.74, 6) is 3.29. The molecule has 0 aromatic rings. The molecule has 0 unspecified atom stereocenters. The zero-order chi connectivity index (χ0) is 13.3. The molecular formula is C17H32N2. The summed E-state index contributed by atoms with van der Waals surface area (Å²) < 4.78 is 0. The molecule has 2 heteroatoms. The lowest BCUT2D eigenvalue weighted by atomic mass is 9.52. The Kier molecular flexibility index (Phi) is 4.19. The van der Waals surface area contributed by atoms with Crippen LogP contribution < -0.4 is 5.32 Å². The Bertz CT molecular complexity index is 258. The molecule has 110 valence electrons. The van der Waals surface area contributed by atoms with E-state index in [0.29, 0.717) is 5.54 Å². The second-order valence-corrected chi connectivity index (χ2v) is 7.59. The molecule has 1 saturated heterocycles. The third kappa shape index (κ3) is 2.71. The molecule has 5 aliphatic rings. The molecular weight excluding hydrogens is 232 g/mol. The van der Waals surface area contributed by atoms with Crippen molar-refractivity contribution in [1.82, 2.24) is 10.2 Å². The largest absolute Gasteiger partial charge is 0.314 e. The number of nitrogens with one attached hydrogen (secondary N) is 1. The standard InChI is InChI=1S/C14H24N2.C3H8/c1-3-16(4-2-15-1)14-8-11-5-12(9-14)7-13(6-11)10-14;1-3-2/h11-13,15H,1-10H2;3H2,1-2H3. The lowest BCUT2D eigenvalue weighted by molar-refractivity contribution is -0.0919. The first kappa shape index (κ1) is 13.9. The second kappa shape index (κ2) is 5.73. The highest BCUT2D eigenvalue weighted by Crippen LogP contribution is 2.57. The molecule has 4 aliphatic carbocycles. The molecule has 5 fully saturated rings. The van der Waals surface area contributed by atoms with Gasteiger partial charge >= 0.3 is 0 Å². The molecule has 5 rings (SSSR count). The Labute approximate surface area is 119 Å². The van der Waals surface area contributed by atoms with Crippen LogP contribution in [0.25, 0.3) is 0 Å². The first-order chi connectivity index (χ1) is 9.25. The van der Waals surface area contributed by atoms with Crippen molar-refractivity contribution in [2.24, 2.45) is 17.8 Å². The fourth-order valence-corrected chi connectivity index (χ4v) is 5.59. The van der Waals surface area contributed by atoms with Gasteiger partial charge in [0.2, 0.25) is 0 Å². The van der Waals surface area contributed by atoms with Crippen LogP contribution in [0.5, 0.6) is 0 Å². The molecule has 19 heavy (non-hydrogen) atoms. The van der Waals surface area contributed by atoms with Crippen LogP contribution in [-0.4, -0.2) is 36.6 Å². The van der Waals surface area contributed by atoms with Gasteiger partial charge in [-0.3, -0.25) is 4.90 Å². The summed E-state index contributed by atoms with van der Waals surface area (Å²) in [4.78, 5) is 2.87. The predicted octanol–water partition coefficient (Wildman–Crippen LogP) is 3.28. The number of hydrogen-bond acceptors (Lipinski definition) is 2. The van der Waals surface area contributed by atoms with Crippen LogP contribution in [0.2, 0.25) is 0 Å². The Hall–Kier alpha value is -0.0800. The Morgan fingerprint density at radius 2 is 1.32 bits per heavy atom.